The number of nitrogens with zero attached hydrogens (tertiary/aromatic N) is 3. The SMILES string of the molecule is CCCCCCOc1cccn2c(SCC(=O)O)nnc12. The van der Waals surface area contributed by atoms with Gasteiger partial charge in [0.15, 0.2) is 10.9 Å². The zero-order chi connectivity index (χ0) is 15.1. The van der Waals surface area contributed by atoms with E-state index in [0.29, 0.717) is 23.2 Å². The molecule has 0 radical (unpaired) electrons. The van der Waals surface area contributed by atoms with Crippen molar-refractivity contribution < 1.29 is 14.6 Å². The van der Waals surface area contributed by atoms with Gasteiger partial charge in [-0.25, -0.2) is 0 Å². The second-order valence-corrected chi connectivity index (χ2v) is 5.58. The minimum absolute atomic E-state index is 0.0388. The number of hydrogen-bond donors (Lipinski definition) is 1. The monoisotopic (exact) mass is 309 g/mol. The van der Waals surface area contributed by atoms with E-state index in [1.165, 1.54) is 12.8 Å². The molecule has 114 valence electrons. The van der Waals surface area contributed by atoms with E-state index in [1.807, 2.05) is 18.3 Å². The standard InChI is InChI=1S/C14H19N3O3S/c1-2-3-4-5-9-20-11-7-6-8-17-13(11)15-16-14(17)21-10-12(18)19/h6-8H,2-5,9-10H2,1H3,(H,18,19). The summed E-state index contributed by atoms with van der Waals surface area (Å²) < 4.78 is 7.51. The number of thioether (sulfide) groups is 1. The van der Waals surface area contributed by atoms with Gasteiger partial charge in [-0.2, -0.15) is 0 Å². The molecule has 0 unspecified atom stereocenters. The van der Waals surface area contributed by atoms with Crippen molar-refractivity contribution in [3.8, 4) is 5.75 Å². The zero-order valence-corrected chi connectivity index (χ0v) is 12.8. The second-order valence-electron chi connectivity index (χ2n) is 4.64. The van der Waals surface area contributed by atoms with Crippen LogP contribution in [0.25, 0.3) is 5.65 Å². The molecule has 2 heterocycles. The predicted molar refractivity (Wildman–Crippen MR) is 81.0 cm³/mol. The summed E-state index contributed by atoms with van der Waals surface area (Å²) in [7, 11) is 0. The summed E-state index contributed by atoms with van der Waals surface area (Å²) >= 11 is 1.14. The first-order chi connectivity index (χ1) is 10.2. The van der Waals surface area contributed by atoms with E-state index in [-0.39, 0.29) is 5.75 Å². The minimum atomic E-state index is -0.875. The van der Waals surface area contributed by atoms with Gasteiger partial charge in [0.1, 0.15) is 0 Å². The lowest BCUT2D eigenvalue weighted by molar-refractivity contribution is -0.133. The van der Waals surface area contributed by atoms with Crippen molar-refractivity contribution in [2.45, 2.75) is 37.8 Å². The molecule has 0 saturated heterocycles. The van der Waals surface area contributed by atoms with E-state index in [0.717, 1.165) is 24.6 Å². The van der Waals surface area contributed by atoms with Crippen molar-refractivity contribution in [3.63, 3.8) is 0 Å². The van der Waals surface area contributed by atoms with Crippen molar-refractivity contribution in [2.75, 3.05) is 12.4 Å². The van der Waals surface area contributed by atoms with E-state index in [2.05, 4.69) is 17.1 Å². The fourth-order valence-corrected chi connectivity index (χ4v) is 2.56. The van der Waals surface area contributed by atoms with Crippen LogP contribution in [0.3, 0.4) is 0 Å². The zero-order valence-electron chi connectivity index (χ0n) is 12.0. The maximum absolute atomic E-state index is 10.6. The number of hydrogen-bond acceptors (Lipinski definition) is 5. The summed E-state index contributed by atoms with van der Waals surface area (Å²) in [6, 6.07) is 3.71. The van der Waals surface area contributed by atoms with Crippen LogP contribution in [0.4, 0.5) is 0 Å². The highest BCUT2D eigenvalue weighted by atomic mass is 32.2. The molecule has 6 nitrogen and oxygen atoms in total. The van der Waals surface area contributed by atoms with Crippen molar-refractivity contribution in [1.82, 2.24) is 14.6 Å². The molecule has 21 heavy (non-hydrogen) atoms. The van der Waals surface area contributed by atoms with Gasteiger partial charge in [0.2, 0.25) is 5.65 Å². The normalized spacial score (nSPS) is 10.9. The van der Waals surface area contributed by atoms with Crippen LogP contribution >= 0.6 is 11.8 Å². The van der Waals surface area contributed by atoms with Crippen LogP contribution in [-0.2, 0) is 4.79 Å². The number of pyridine rings is 1. The molecule has 7 heteroatoms. The summed E-state index contributed by atoms with van der Waals surface area (Å²) in [6.07, 6.45) is 6.40. The smallest absolute Gasteiger partial charge is 0.313 e. The van der Waals surface area contributed by atoms with E-state index in [4.69, 9.17) is 9.84 Å². The topological polar surface area (TPSA) is 76.7 Å². The van der Waals surface area contributed by atoms with Gasteiger partial charge in [0.05, 0.1) is 12.4 Å². The third-order valence-electron chi connectivity index (χ3n) is 2.95. The van der Waals surface area contributed by atoms with Gasteiger partial charge in [-0.15, -0.1) is 10.2 Å². The third-order valence-corrected chi connectivity index (χ3v) is 3.88. The Hall–Kier alpha value is -1.76. The first-order valence-corrected chi connectivity index (χ1v) is 8.02. The Kier molecular flexibility index (Phi) is 5.86. The van der Waals surface area contributed by atoms with Crippen LogP contribution in [0, 0.1) is 0 Å². The number of carbonyl (C=O) groups is 1. The number of rotatable bonds is 9. The molecule has 0 amide bonds. The Labute approximate surface area is 127 Å². The van der Waals surface area contributed by atoms with Crippen LogP contribution in [-0.4, -0.2) is 38.0 Å². The summed E-state index contributed by atoms with van der Waals surface area (Å²) in [5.74, 6) is -0.230. The predicted octanol–water partition coefficient (Wildman–Crippen LogP) is 2.87. The van der Waals surface area contributed by atoms with E-state index >= 15 is 0 Å². The molecule has 2 rings (SSSR count). The summed E-state index contributed by atoms with van der Waals surface area (Å²) in [5.41, 5.74) is 0.626. The van der Waals surface area contributed by atoms with Crippen LogP contribution in [0.1, 0.15) is 32.6 Å². The summed E-state index contributed by atoms with van der Waals surface area (Å²) in [4.78, 5) is 10.6. The van der Waals surface area contributed by atoms with E-state index in [1.54, 1.807) is 4.40 Å². The number of carboxylic acids is 1. The lowest BCUT2D eigenvalue weighted by atomic mass is 10.2. The molecule has 2 aromatic rings. The van der Waals surface area contributed by atoms with Crippen LogP contribution in [0.5, 0.6) is 5.75 Å². The maximum Gasteiger partial charge on any atom is 0.313 e. The molecule has 0 aliphatic carbocycles. The van der Waals surface area contributed by atoms with Gasteiger partial charge in [-0.3, -0.25) is 9.20 Å². The fraction of sp³-hybridized carbons (Fsp3) is 0.500. The van der Waals surface area contributed by atoms with Crippen molar-refractivity contribution in [3.05, 3.63) is 18.3 Å². The van der Waals surface area contributed by atoms with Crippen molar-refractivity contribution in [2.24, 2.45) is 0 Å². The van der Waals surface area contributed by atoms with E-state index in [9.17, 15) is 4.79 Å². The van der Waals surface area contributed by atoms with Crippen molar-refractivity contribution in [1.29, 1.82) is 0 Å². The minimum Gasteiger partial charge on any atom is -0.490 e. The number of ether oxygens (including phenoxy) is 1. The van der Waals surface area contributed by atoms with Gasteiger partial charge >= 0.3 is 5.97 Å². The number of aliphatic carboxylic acids is 1. The Bertz CT molecular complexity index is 600. The highest BCUT2D eigenvalue weighted by Crippen LogP contribution is 2.23. The van der Waals surface area contributed by atoms with E-state index < -0.39 is 5.97 Å². The van der Waals surface area contributed by atoms with Crippen LogP contribution < -0.4 is 4.74 Å². The third kappa shape index (κ3) is 4.35. The Morgan fingerprint density at radius 1 is 1.38 bits per heavy atom. The highest BCUT2D eigenvalue weighted by Gasteiger charge is 2.11. The molecule has 2 aromatic heterocycles. The lowest BCUT2D eigenvalue weighted by Crippen LogP contribution is -2.01. The van der Waals surface area contributed by atoms with Gasteiger partial charge in [0.25, 0.3) is 0 Å². The lowest BCUT2D eigenvalue weighted by Gasteiger charge is -2.07. The summed E-state index contributed by atoms with van der Waals surface area (Å²) in [6.45, 7) is 2.83. The molecule has 0 atom stereocenters. The Morgan fingerprint density at radius 3 is 3.00 bits per heavy atom. The van der Waals surface area contributed by atoms with Crippen molar-refractivity contribution >= 4 is 23.4 Å². The second kappa shape index (κ2) is 7.87. The average molecular weight is 309 g/mol. The van der Waals surface area contributed by atoms with Gasteiger partial charge < -0.3 is 9.84 Å². The van der Waals surface area contributed by atoms with Crippen LogP contribution in [0.2, 0.25) is 0 Å². The number of unbranched alkanes of at least 4 members (excludes halogenated alkanes) is 3. The molecule has 0 saturated carbocycles. The molecule has 0 bridgehead atoms. The number of fused-ring (bicyclic) bond motifs is 1. The Morgan fingerprint density at radius 2 is 2.24 bits per heavy atom. The average Bonchev–Trinajstić information content (AvgIpc) is 2.89. The first kappa shape index (κ1) is 15.6. The Balaban J connectivity index is 2.02. The number of carboxylic acid groups (broad SMARTS) is 1. The largest absolute Gasteiger partial charge is 0.490 e. The first-order valence-electron chi connectivity index (χ1n) is 7.03. The fourth-order valence-electron chi connectivity index (χ4n) is 1.92. The molecular formula is C14H19N3O3S. The molecular weight excluding hydrogens is 290 g/mol. The van der Waals surface area contributed by atoms with Gasteiger partial charge in [0, 0.05) is 6.20 Å². The van der Waals surface area contributed by atoms with Crippen LogP contribution in [0.15, 0.2) is 23.5 Å². The molecule has 0 fully saturated rings. The van der Waals surface area contributed by atoms with Gasteiger partial charge in [-0.1, -0.05) is 37.9 Å². The number of aromatic nitrogens is 3. The molecule has 0 aromatic carbocycles. The molecule has 0 aliphatic heterocycles. The maximum atomic E-state index is 10.6. The summed E-state index contributed by atoms with van der Waals surface area (Å²) in [5, 5.41) is 17.4. The van der Waals surface area contributed by atoms with Gasteiger partial charge in [-0.05, 0) is 18.6 Å². The molecule has 0 spiro atoms. The molecule has 0 aliphatic rings. The quantitative estimate of drug-likeness (QED) is 0.567. The molecule has 1 N–H and O–H groups in total. The highest BCUT2D eigenvalue weighted by molar-refractivity contribution is 7.99.